The zero-order valence-electron chi connectivity index (χ0n) is 7.81. The quantitative estimate of drug-likeness (QED) is 0.689. The molecule has 1 heterocycles. The van der Waals surface area contributed by atoms with Gasteiger partial charge in [-0.25, -0.2) is 14.4 Å². The molecule has 0 aliphatic rings. The van der Waals surface area contributed by atoms with Crippen LogP contribution in [0.1, 0.15) is 0 Å². The van der Waals surface area contributed by atoms with E-state index in [1.807, 2.05) is 0 Å². The lowest BCUT2D eigenvalue weighted by molar-refractivity contribution is 0.631. The molecule has 0 spiro atoms. The average Bonchev–Trinajstić information content (AvgIpc) is 2.22. The van der Waals surface area contributed by atoms with E-state index in [1.165, 1.54) is 24.4 Å². The summed E-state index contributed by atoms with van der Waals surface area (Å²) in [6.45, 7) is 0. The number of hydrogen-bond acceptors (Lipinski definition) is 4. The highest BCUT2D eigenvalue weighted by atomic mass is 19.1. The highest BCUT2D eigenvalue weighted by molar-refractivity contribution is 5.65. The number of rotatable bonds is 1. The molecule has 4 nitrogen and oxygen atoms in total. The molecule has 0 atom stereocenters. The number of halogens is 1. The summed E-state index contributed by atoms with van der Waals surface area (Å²) in [5.74, 6) is -0.281. The predicted octanol–water partition coefficient (Wildman–Crippen LogP) is 1.45. The van der Waals surface area contributed by atoms with Gasteiger partial charge in [-0.1, -0.05) is 0 Å². The molecule has 76 valence electrons. The molecule has 0 fully saturated rings. The molecule has 5 heteroatoms. The van der Waals surface area contributed by atoms with Crippen LogP contribution in [-0.4, -0.2) is 9.97 Å². The maximum absolute atomic E-state index is 13.4. The van der Waals surface area contributed by atoms with E-state index in [-0.39, 0.29) is 11.8 Å². The summed E-state index contributed by atoms with van der Waals surface area (Å²) < 4.78 is 13.4. The van der Waals surface area contributed by atoms with Gasteiger partial charge in [-0.05, 0) is 24.3 Å². The van der Waals surface area contributed by atoms with Crippen LogP contribution in [0.15, 0.2) is 30.5 Å². The normalized spacial score (nSPS) is 10.2. The fourth-order valence-corrected chi connectivity index (χ4v) is 1.26. The van der Waals surface area contributed by atoms with Crippen LogP contribution in [-0.2, 0) is 0 Å². The summed E-state index contributed by atoms with van der Waals surface area (Å²) in [6.07, 6.45) is 1.47. The van der Waals surface area contributed by atoms with Gasteiger partial charge < -0.3 is 11.5 Å². The lowest BCUT2D eigenvalue weighted by atomic mass is 10.1. The van der Waals surface area contributed by atoms with Gasteiger partial charge in [-0.3, -0.25) is 0 Å². The van der Waals surface area contributed by atoms with Crippen LogP contribution in [0.4, 0.5) is 16.0 Å². The Morgan fingerprint density at radius 1 is 1.13 bits per heavy atom. The minimum absolute atomic E-state index is 0.106. The van der Waals surface area contributed by atoms with Crippen LogP contribution in [0.3, 0.4) is 0 Å². The third-order valence-electron chi connectivity index (χ3n) is 1.94. The first-order valence-corrected chi connectivity index (χ1v) is 4.31. The van der Waals surface area contributed by atoms with E-state index in [9.17, 15) is 4.39 Å². The van der Waals surface area contributed by atoms with Crippen LogP contribution < -0.4 is 11.5 Å². The third kappa shape index (κ3) is 1.85. The number of benzene rings is 1. The van der Waals surface area contributed by atoms with Crippen molar-refractivity contribution in [3.8, 4) is 11.3 Å². The van der Waals surface area contributed by atoms with Gasteiger partial charge in [-0.15, -0.1) is 0 Å². The monoisotopic (exact) mass is 204 g/mol. The molecular weight excluding hydrogens is 195 g/mol. The second-order valence-electron chi connectivity index (χ2n) is 3.04. The van der Waals surface area contributed by atoms with E-state index in [0.29, 0.717) is 16.9 Å². The van der Waals surface area contributed by atoms with Crippen LogP contribution in [0.5, 0.6) is 0 Å². The standard InChI is InChI=1S/C10H9FN4/c11-8-2-1-6(12)5-7(8)9-3-4-14-10(13)15-9/h1-5H,12H2,(H2,13,14,15). The maximum atomic E-state index is 13.4. The van der Waals surface area contributed by atoms with Gasteiger partial charge in [0.2, 0.25) is 5.95 Å². The summed E-state index contributed by atoms with van der Waals surface area (Å²) in [7, 11) is 0. The zero-order chi connectivity index (χ0) is 10.8. The summed E-state index contributed by atoms with van der Waals surface area (Å²) in [6, 6.07) is 5.87. The SMILES string of the molecule is Nc1ccc(F)c(-c2ccnc(N)n2)c1. The molecule has 1 aromatic carbocycles. The Labute approximate surface area is 85.8 Å². The first-order valence-electron chi connectivity index (χ1n) is 4.31. The lowest BCUT2D eigenvalue weighted by Gasteiger charge is -2.03. The number of hydrogen-bond donors (Lipinski definition) is 2. The van der Waals surface area contributed by atoms with Crippen molar-refractivity contribution < 1.29 is 4.39 Å². The summed E-state index contributed by atoms with van der Waals surface area (Å²) in [4.78, 5) is 7.65. The lowest BCUT2D eigenvalue weighted by Crippen LogP contribution is -1.97. The molecule has 0 amide bonds. The number of anilines is 2. The van der Waals surface area contributed by atoms with Gasteiger partial charge in [0.05, 0.1) is 5.69 Å². The van der Waals surface area contributed by atoms with Gasteiger partial charge >= 0.3 is 0 Å². The Hall–Kier alpha value is -2.17. The molecule has 1 aromatic heterocycles. The van der Waals surface area contributed by atoms with E-state index in [0.717, 1.165) is 0 Å². The molecule has 0 aliphatic heterocycles. The fraction of sp³-hybridized carbons (Fsp3) is 0. The average molecular weight is 204 g/mol. The molecule has 0 bridgehead atoms. The van der Waals surface area contributed by atoms with Crippen molar-refractivity contribution in [1.82, 2.24) is 9.97 Å². The molecule has 0 saturated heterocycles. The van der Waals surface area contributed by atoms with Crippen LogP contribution in [0.2, 0.25) is 0 Å². The van der Waals surface area contributed by atoms with Crippen LogP contribution >= 0.6 is 0 Å². The van der Waals surface area contributed by atoms with Crippen molar-refractivity contribution in [2.75, 3.05) is 11.5 Å². The summed E-state index contributed by atoms with van der Waals surface area (Å²) in [5.41, 5.74) is 12.2. The smallest absolute Gasteiger partial charge is 0.220 e. The summed E-state index contributed by atoms with van der Waals surface area (Å²) in [5, 5.41) is 0. The van der Waals surface area contributed by atoms with Crippen molar-refractivity contribution in [3.63, 3.8) is 0 Å². The molecule has 2 rings (SSSR count). The number of nitrogens with two attached hydrogens (primary N) is 2. The molecule has 2 aromatic rings. The molecule has 0 aliphatic carbocycles. The van der Waals surface area contributed by atoms with Crippen molar-refractivity contribution in [2.45, 2.75) is 0 Å². The van der Waals surface area contributed by atoms with Gasteiger partial charge in [0.1, 0.15) is 5.82 Å². The number of nitrogens with zero attached hydrogens (tertiary/aromatic N) is 2. The first-order chi connectivity index (χ1) is 7.16. The van der Waals surface area contributed by atoms with Crippen molar-refractivity contribution in [1.29, 1.82) is 0 Å². The first kappa shape index (κ1) is 9.39. The van der Waals surface area contributed by atoms with E-state index in [4.69, 9.17) is 11.5 Å². The van der Waals surface area contributed by atoms with Crippen molar-refractivity contribution >= 4 is 11.6 Å². The molecule has 0 unspecified atom stereocenters. The highest BCUT2D eigenvalue weighted by Crippen LogP contribution is 2.23. The minimum Gasteiger partial charge on any atom is -0.399 e. The highest BCUT2D eigenvalue weighted by Gasteiger charge is 2.07. The third-order valence-corrected chi connectivity index (χ3v) is 1.94. The molecular formula is C10H9FN4. The van der Waals surface area contributed by atoms with E-state index < -0.39 is 0 Å². The molecule has 0 radical (unpaired) electrons. The van der Waals surface area contributed by atoms with E-state index >= 15 is 0 Å². The molecule has 0 saturated carbocycles. The summed E-state index contributed by atoms with van der Waals surface area (Å²) >= 11 is 0. The minimum atomic E-state index is -0.387. The predicted molar refractivity (Wildman–Crippen MR) is 56.3 cm³/mol. The molecule has 15 heavy (non-hydrogen) atoms. The van der Waals surface area contributed by atoms with E-state index in [2.05, 4.69) is 9.97 Å². The van der Waals surface area contributed by atoms with Crippen LogP contribution in [0.25, 0.3) is 11.3 Å². The zero-order valence-corrected chi connectivity index (χ0v) is 7.81. The van der Waals surface area contributed by atoms with Gasteiger partial charge in [0, 0.05) is 17.4 Å². The van der Waals surface area contributed by atoms with Crippen molar-refractivity contribution in [3.05, 3.63) is 36.3 Å². The van der Waals surface area contributed by atoms with Crippen LogP contribution in [0, 0.1) is 5.82 Å². The Balaban J connectivity index is 2.58. The second kappa shape index (κ2) is 3.53. The largest absolute Gasteiger partial charge is 0.399 e. The Bertz CT molecular complexity index is 499. The van der Waals surface area contributed by atoms with Gasteiger partial charge in [0.15, 0.2) is 0 Å². The second-order valence-corrected chi connectivity index (χ2v) is 3.04. The Kier molecular flexibility index (Phi) is 2.21. The number of nitrogen functional groups attached to an aromatic ring is 2. The van der Waals surface area contributed by atoms with E-state index in [1.54, 1.807) is 6.07 Å². The Morgan fingerprint density at radius 2 is 1.93 bits per heavy atom. The fourth-order valence-electron chi connectivity index (χ4n) is 1.26. The number of aromatic nitrogens is 2. The Morgan fingerprint density at radius 3 is 2.67 bits per heavy atom. The van der Waals surface area contributed by atoms with Gasteiger partial charge in [0.25, 0.3) is 0 Å². The van der Waals surface area contributed by atoms with Crippen molar-refractivity contribution in [2.24, 2.45) is 0 Å². The molecule has 4 N–H and O–H groups in total. The maximum Gasteiger partial charge on any atom is 0.220 e. The topological polar surface area (TPSA) is 77.8 Å². The van der Waals surface area contributed by atoms with Gasteiger partial charge in [-0.2, -0.15) is 0 Å².